The molecule has 0 aromatic carbocycles. The molecule has 16 heavy (non-hydrogen) atoms. The second kappa shape index (κ2) is 4.25. The van der Waals surface area contributed by atoms with E-state index in [0.29, 0.717) is 5.56 Å². The Bertz CT molecular complexity index is 379. The Labute approximate surface area is 94.8 Å². The van der Waals surface area contributed by atoms with Crippen LogP contribution in [0.4, 0.5) is 0 Å². The molecule has 1 amide bonds. The fourth-order valence-electron chi connectivity index (χ4n) is 2.29. The Balaban J connectivity index is 2.08. The second-order valence-electron chi connectivity index (χ2n) is 4.48. The van der Waals surface area contributed by atoms with Gasteiger partial charge in [-0.25, -0.2) is 0 Å². The lowest BCUT2D eigenvalue weighted by atomic mass is 10.1. The Hall–Kier alpha value is -1.36. The first-order valence-corrected chi connectivity index (χ1v) is 5.67. The molecule has 0 radical (unpaired) electrons. The van der Waals surface area contributed by atoms with E-state index in [1.165, 1.54) is 0 Å². The van der Waals surface area contributed by atoms with Gasteiger partial charge in [-0.05, 0) is 33.1 Å². The first-order chi connectivity index (χ1) is 7.59. The van der Waals surface area contributed by atoms with Crippen LogP contribution in [0.25, 0.3) is 0 Å². The van der Waals surface area contributed by atoms with E-state index in [1.807, 2.05) is 13.8 Å². The van der Waals surface area contributed by atoms with E-state index in [-0.39, 0.29) is 18.0 Å². The summed E-state index contributed by atoms with van der Waals surface area (Å²) in [4.78, 5) is 12.0. The third kappa shape index (κ3) is 1.95. The van der Waals surface area contributed by atoms with Crippen LogP contribution < -0.4 is 11.1 Å². The molecule has 1 saturated carbocycles. The number of nitrogens with zero attached hydrogens (tertiary/aromatic N) is 1. The number of amides is 1. The molecular formula is C11H18N4O. The van der Waals surface area contributed by atoms with Gasteiger partial charge >= 0.3 is 0 Å². The molecule has 1 aromatic rings. The minimum absolute atomic E-state index is 0.0638. The van der Waals surface area contributed by atoms with Gasteiger partial charge in [0.05, 0.1) is 11.3 Å². The van der Waals surface area contributed by atoms with Crippen LogP contribution in [0.5, 0.6) is 0 Å². The molecule has 2 atom stereocenters. The molecular weight excluding hydrogens is 204 g/mol. The van der Waals surface area contributed by atoms with Gasteiger partial charge in [0, 0.05) is 17.8 Å². The highest BCUT2D eigenvalue weighted by molar-refractivity contribution is 5.96. The summed E-state index contributed by atoms with van der Waals surface area (Å²) in [6.07, 6.45) is 3.06. The van der Waals surface area contributed by atoms with Crippen molar-refractivity contribution >= 4 is 5.91 Å². The molecule has 2 rings (SSSR count). The lowest BCUT2D eigenvalue weighted by Gasteiger charge is -2.17. The summed E-state index contributed by atoms with van der Waals surface area (Å²) in [5.74, 6) is -0.0638. The molecule has 0 aliphatic heterocycles. The summed E-state index contributed by atoms with van der Waals surface area (Å²) in [6.45, 7) is 3.68. The number of H-pyrrole nitrogens is 1. The van der Waals surface area contributed by atoms with Crippen molar-refractivity contribution < 1.29 is 4.79 Å². The highest BCUT2D eigenvalue weighted by Gasteiger charge is 2.27. The Morgan fingerprint density at radius 3 is 2.75 bits per heavy atom. The largest absolute Gasteiger partial charge is 0.348 e. The van der Waals surface area contributed by atoms with Crippen molar-refractivity contribution in [1.29, 1.82) is 0 Å². The first kappa shape index (κ1) is 11.1. The number of carbonyl (C=O) groups is 1. The zero-order valence-electron chi connectivity index (χ0n) is 9.71. The van der Waals surface area contributed by atoms with Crippen molar-refractivity contribution in [1.82, 2.24) is 15.5 Å². The van der Waals surface area contributed by atoms with Gasteiger partial charge in [0.2, 0.25) is 0 Å². The topological polar surface area (TPSA) is 83.8 Å². The van der Waals surface area contributed by atoms with Gasteiger partial charge in [-0.2, -0.15) is 5.10 Å². The van der Waals surface area contributed by atoms with Crippen molar-refractivity contribution in [2.45, 2.75) is 45.2 Å². The first-order valence-electron chi connectivity index (χ1n) is 5.67. The van der Waals surface area contributed by atoms with Crippen LogP contribution in [0.2, 0.25) is 0 Å². The van der Waals surface area contributed by atoms with Crippen LogP contribution in [0.15, 0.2) is 0 Å². The third-order valence-corrected chi connectivity index (χ3v) is 3.24. The van der Waals surface area contributed by atoms with Gasteiger partial charge in [0.1, 0.15) is 0 Å². The van der Waals surface area contributed by atoms with E-state index in [1.54, 1.807) is 0 Å². The zero-order valence-corrected chi connectivity index (χ0v) is 9.71. The van der Waals surface area contributed by atoms with Crippen LogP contribution in [0.3, 0.4) is 0 Å². The van der Waals surface area contributed by atoms with E-state index in [0.717, 1.165) is 30.7 Å². The lowest BCUT2D eigenvalue weighted by Crippen LogP contribution is -2.44. The minimum atomic E-state index is -0.0638. The molecule has 2 unspecified atom stereocenters. The van der Waals surface area contributed by atoms with Crippen molar-refractivity contribution in [3.8, 4) is 0 Å². The van der Waals surface area contributed by atoms with E-state index < -0.39 is 0 Å². The van der Waals surface area contributed by atoms with Gasteiger partial charge in [0.15, 0.2) is 0 Å². The highest BCUT2D eigenvalue weighted by atomic mass is 16.1. The molecule has 0 spiro atoms. The van der Waals surface area contributed by atoms with E-state index in [9.17, 15) is 4.79 Å². The van der Waals surface area contributed by atoms with E-state index in [2.05, 4.69) is 15.5 Å². The number of carbonyl (C=O) groups excluding carboxylic acids is 1. The normalized spacial score (nSPS) is 24.7. The standard InChI is InChI=1S/C11H18N4O/c1-6-10(7(2)15-14-6)11(16)13-9-5-3-4-8(9)12/h8-9H,3-5,12H2,1-2H3,(H,13,16)(H,14,15). The Kier molecular flexibility index (Phi) is 2.96. The molecule has 1 fully saturated rings. The SMILES string of the molecule is Cc1n[nH]c(C)c1C(=O)NC1CCCC1N. The van der Waals surface area contributed by atoms with Crippen LogP contribution in [-0.2, 0) is 0 Å². The number of aromatic nitrogens is 2. The van der Waals surface area contributed by atoms with Gasteiger partial charge in [-0.15, -0.1) is 0 Å². The average Bonchev–Trinajstić information content (AvgIpc) is 2.75. The molecule has 1 aliphatic rings. The minimum Gasteiger partial charge on any atom is -0.348 e. The number of aryl methyl sites for hydroxylation is 2. The summed E-state index contributed by atoms with van der Waals surface area (Å²) >= 11 is 0. The zero-order chi connectivity index (χ0) is 11.7. The third-order valence-electron chi connectivity index (χ3n) is 3.24. The summed E-state index contributed by atoms with van der Waals surface area (Å²) in [6, 6.07) is 0.206. The Morgan fingerprint density at radius 2 is 2.25 bits per heavy atom. The highest BCUT2D eigenvalue weighted by Crippen LogP contribution is 2.18. The van der Waals surface area contributed by atoms with Gasteiger partial charge in [-0.3, -0.25) is 9.89 Å². The maximum Gasteiger partial charge on any atom is 0.255 e. The molecule has 0 saturated heterocycles. The maximum atomic E-state index is 12.0. The summed E-state index contributed by atoms with van der Waals surface area (Å²) in [5, 5.41) is 9.81. The number of aromatic amines is 1. The molecule has 5 nitrogen and oxygen atoms in total. The number of hydrogen-bond acceptors (Lipinski definition) is 3. The molecule has 88 valence electrons. The van der Waals surface area contributed by atoms with Crippen molar-refractivity contribution in [2.75, 3.05) is 0 Å². The Morgan fingerprint density at radius 1 is 1.50 bits per heavy atom. The number of rotatable bonds is 2. The van der Waals surface area contributed by atoms with Crippen LogP contribution in [0, 0.1) is 13.8 Å². The molecule has 1 aromatic heterocycles. The summed E-state index contributed by atoms with van der Waals surface area (Å²) in [5.41, 5.74) is 8.12. The fourth-order valence-corrected chi connectivity index (χ4v) is 2.29. The quantitative estimate of drug-likeness (QED) is 0.686. The monoisotopic (exact) mass is 222 g/mol. The van der Waals surface area contributed by atoms with Crippen LogP contribution in [0.1, 0.15) is 41.0 Å². The van der Waals surface area contributed by atoms with E-state index in [4.69, 9.17) is 5.73 Å². The predicted molar refractivity (Wildman–Crippen MR) is 61.1 cm³/mol. The van der Waals surface area contributed by atoms with Crippen LogP contribution >= 0.6 is 0 Å². The molecule has 4 N–H and O–H groups in total. The van der Waals surface area contributed by atoms with Gasteiger partial charge in [-0.1, -0.05) is 0 Å². The fraction of sp³-hybridized carbons (Fsp3) is 0.636. The molecule has 5 heteroatoms. The molecule has 0 bridgehead atoms. The van der Waals surface area contributed by atoms with E-state index >= 15 is 0 Å². The van der Waals surface area contributed by atoms with Crippen molar-refractivity contribution in [3.63, 3.8) is 0 Å². The predicted octanol–water partition coefficient (Wildman–Crippen LogP) is 0.636. The maximum absolute atomic E-state index is 12.0. The van der Waals surface area contributed by atoms with Gasteiger partial charge < -0.3 is 11.1 Å². The number of nitrogens with one attached hydrogen (secondary N) is 2. The van der Waals surface area contributed by atoms with Gasteiger partial charge in [0.25, 0.3) is 5.91 Å². The average molecular weight is 222 g/mol. The van der Waals surface area contributed by atoms with Crippen molar-refractivity contribution in [3.05, 3.63) is 17.0 Å². The number of nitrogens with two attached hydrogens (primary N) is 1. The summed E-state index contributed by atoms with van der Waals surface area (Å²) in [7, 11) is 0. The summed E-state index contributed by atoms with van der Waals surface area (Å²) < 4.78 is 0. The molecule has 1 heterocycles. The van der Waals surface area contributed by atoms with Crippen molar-refractivity contribution in [2.24, 2.45) is 5.73 Å². The van der Waals surface area contributed by atoms with Crippen LogP contribution in [-0.4, -0.2) is 28.2 Å². The lowest BCUT2D eigenvalue weighted by molar-refractivity contribution is 0.0933. The number of hydrogen-bond donors (Lipinski definition) is 3. The molecule has 1 aliphatic carbocycles. The smallest absolute Gasteiger partial charge is 0.255 e. The second-order valence-corrected chi connectivity index (χ2v) is 4.48.